The lowest BCUT2D eigenvalue weighted by molar-refractivity contribution is -0.156. The smallest absolute Gasteiger partial charge is 0.392 e. The highest BCUT2D eigenvalue weighted by Gasteiger charge is 2.33. The van der Waals surface area contributed by atoms with E-state index in [2.05, 4.69) is 0 Å². The third-order valence-corrected chi connectivity index (χ3v) is 2.25. The van der Waals surface area contributed by atoms with Crippen LogP contribution in [-0.4, -0.2) is 11.3 Å². The summed E-state index contributed by atoms with van der Waals surface area (Å²) in [6.07, 6.45) is -7.65. The number of furan rings is 1. The molecular weight excluding hydrogens is 240 g/mol. The van der Waals surface area contributed by atoms with E-state index >= 15 is 0 Å². The molecule has 0 saturated heterocycles. The minimum atomic E-state index is -4.48. The van der Waals surface area contributed by atoms with Crippen molar-refractivity contribution in [3.05, 3.63) is 35.8 Å². The number of aliphatic hydroxyl groups excluding tert-OH is 1. The molecule has 92 valence electrons. The maximum atomic E-state index is 12.8. The molecule has 2 rings (SSSR count). The van der Waals surface area contributed by atoms with Crippen molar-refractivity contribution in [2.24, 2.45) is 0 Å². The Bertz CT molecular complexity index is 530. The molecule has 17 heavy (non-hydrogen) atoms. The highest BCUT2D eigenvalue weighted by molar-refractivity contribution is 5.77. The lowest BCUT2D eigenvalue weighted by Gasteiger charge is -2.10. The Morgan fingerprint density at radius 2 is 1.94 bits per heavy atom. The zero-order chi connectivity index (χ0) is 12.6. The lowest BCUT2D eigenvalue weighted by Crippen LogP contribution is -2.12. The van der Waals surface area contributed by atoms with E-state index < -0.39 is 24.5 Å². The van der Waals surface area contributed by atoms with Gasteiger partial charge in [0, 0.05) is 5.39 Å². The van der Waals surface area contributed by atoms with Gasteiger partial charge in [-0.25, -0.2) is 4.39 Å². The second-order valence-electron chi connectivity index (χ2n) is 3.67. The van der Waals surface area contributed by atoms with Crippen molar-refractivity contribution in [2.75, 3.05) is 0 Å². The standard InChI is InChI=1S/C11H8F4O2/c12-7-1-2-9-6(3-7)4-10(17-9)8(16)5-11(13,14)15/h1-4,8,16H,5H2. The molecule has 2 aromatic rings. The molecule has 1 aromatic carbocycles. The first-order valence-corrected chi connectivity index (χ1v) is 4.79. The molecule has 2 nitrogen and oxygen atoms in total. The van der Waals surface area contributed by atoms with Crippen molar-refractivity contribution >= 4 is 11.0 Å². The maximum absolute atomic E-state index is 12.8. The summed E-state index contributed by atoms with van der Waals surface area (Å²) in [6.45, 7) is 0. The number of rotatable bonds is 2. The molecule has 0 amide bonds. The summed E-state index contributed by atoms with van der Waals surface area (Å²) in [5.74, 6) is -0.738. The molecule has 6 heteroatoms. The lowest BCUT2D eigenvalue weighted by atomic mass is 10.2. The number of benzene rings is 1. The maximum Gasteiger partial charge on any atom is 0.392 e. The normalized spacial score (nSPS) is 14.2. The molecule has 1 unspecified atom stereocenters. The number of hydrogen-bond acceptors (Lipinski definition) is 2. The third kappa shape index (κ3) is 2.76. The van der Waals surface area contributed by atoms with Crippen LogP contribution in [0.15, 0.2) is 28.7 Å². The third-order valence-electron chi connectivity index (χ3n) is 2.25. The van der Waals surface area contributed by atoms with Crippen LogP contribution >= 0.6 is 0 Å². The Hall–Kier alpha value is -1.56. The van der Waals surface area contributed by atoms with Gasteiger partial charge in [0.1, 0.15) is 23.3 Å². The van der Waals surface area contributed by atoms with Gasteiger partial charge in [0.15, 0.2) is 0 Å². The van der Waals surface area contributed by atoms with Crippen LogP contribution in [0.1, 0.15) is 18.3 Å². The Morgan fingerprint density at radius 1 is 1.24 bits per heavy atom. The summed E-state index contributed by atoms with van der Waals surface area (Å²) in [4.78, 5) is 0. The van der Waals surface area contributed by atoms with Gasteiger partial charge in [-0.05, 0) is 24.3 Å². The molecule has 0 radical (unpaired) electrons. The molecule has 1 atom stereocenters. The van der Waals surface area contributed by atoms with Gasteiger partial charge >= 0.3 is 6.18 Å². The van der Waals surface area contributed by atoms with E-state index in [1.165, 1.54) is 12.1 Å². The molecule has 1 heterocycles. The fourth-order valence-electron chi connectivity index (χ4n) is 1.52. The van der Waals surface area contributed by atoms with Gasteiger partial charge in [0.2, 0.25) is 0 Å². The summed E-state index contributed by atoms with van der Waals surface area (Å²) in [5.41, 5.74) is 0.239. The topological polar surface area (TPSA) is 33.4 Å². The van der Waals surface area contributed by atoms with Gasteiger partial charge in [-0.2, -0.15) is 13.2 Å². The quantitative estimate of drug-likeness (QED) is 0.824. The largest absolute Gasteiger partial charge is 0.458 e. The predicted molar refractivity (Wildman–Crippen MR) is 51.8 cm³/mol. The monoisotopic (exact) mass is 248 g/mol. The molecule has 1 N–H and O–H groups in total. The van der Waals surface area contributed by atoms with E-state index in [-0.39, 0.29) is 11.3 Å². The molecule has 0 aliphatic carbocycles. The fourth-order valence-corrected chi connectivity index (χ4v) is 1.52. The first-order chi connectivity index (χ1) is 7.85. The van der Waals surface area contributed by atoms with Crippen LogP contribution in [0.25, 0.3) is 11.0 Å². The van der Waals surface area contributed by atoms with Gasteiger partial charge in [-0.3, -0.25) is 0 Å². The summed E-state index contributed by atoms with van der Waals surface area (Å²) in [5, 5.41) is 9.64. The van der Waals surface area contributed by atoms with Gasteiger partial charge < -0.3 is 9.52 Å². The van der Waals surface area contributed by atoms with E-state index in [0.29, 0.717) is 5.39 Å². The molecule has 0 bridgehead atoms. The Labute approximate surface area is 93.5 Å². The molecule has 0 aliphatic heterocycles. The van der Waals surface area contributed by atoms with Crippen LogP contribution in [0.2, 0.25) is 0 Å². The van der Waals surface area contributed by atoms with E-state index in [1.807, 2.05) is 0 Å². The molecular formula is C11H8F4O2. The van der Waals surface area contributed by atoms with E-state index in [0.717, 1.165) is 12.1 Å². The van der Waals surface area contributed by atoms with Crippen LogP contribution in [0.5, 0.6) is 0 Å². The van der Waals surface area contributed by atoms with E-state index in [9.17, 15) is 22.7 Å². The summed E-state index contributed by atoms with van der Waals surface area (Å²) < 4.78 is 54.0. The van der Waals surface area contributed by atoms with Crippen molar-refractivity contribution in [3.63, 3.8) is 0 Å². The predicted octanol–water partition coefficient (Wildman–Crippen LogP) is 3.56. The first kappa shape index (κ1) is 11.9. The van der Waals surface area contributed by atoms with Crippen LogP contribution in [0.3, 0.4) is 0 Å². The van der Waals surface area contributed by atoms with Crippen LogP contribution in [-0.2, 0) is 0 Å². The van der Waals surface area contributed by atoms with E-state index in [4.69, 9.17) is 4.42 Å². The van der Waals surface area contributed by atoms with Gasteiger partial charge in [0.25, 0.3) is 0 Å². The van der Waals surface area contributed by atoms with Crippen molar-refractivity contribution < 1.29 is 27.1 Å². The number of hydrogen-bond donors (Lipinski definition) is 1. The van der Waals surface area contributed by atoms with Crippen molar-refractivity contribution in [3.8, 4) is 0 Å². The Balaban J connectivity index is 2.30. The van der Waals surface area contributed by atoms with Gasteiger partial charge in [-0.1, -0.05) is 0 Å². The molecule has 0 aliphatic rings. The van der Waals surface area contributed by atoms with E-state index in [1.54, 1.807) is 0 Å². The highest BCUT2D eigenvalue weighted by Crippen LogP contribution is 2.32. The summed E-state index contributed by atoms with van der Waals surface area (Å²) in [7, 11) is 0. The molecule has 0 spiro atoms. The average Bonchev–Trinajstić information content (AvgIpc) is 2.57. The average molecular weight is 248 g/mol. The SMILES string of the molecule is OC(CC(F)(F)F)c1cc2cc(F)ccc2o1. The van der Waals surface area contributed by atoms with Crippen LogP contribution in [0, 0.1) is 5.82 Å². The van der Waals surface area contributed by atoms with Crippen molar-refractivity contribution in [1.82, 2.24) is 0 Å². The summed E-state index contributed by atoms with van der Waals surface area (Å²) in [6, 6.07) is 4.76. The van der Waals surface area contributed by atoms with Gasteiger partial charge in [0.05, 0.1) is 6.42 Å². The van der Waals surface area contributed by atoms with Crippen molar-refractivity contribution in [1.29, 1.82) is 0 Å². The second kappa shape index (κ2) is 4.03. The number of alkyl halides is 3. The summed E-state index contributed by atoms with van der Waals surface area (Å²) >= 11 is 0. The number of aliphatic hydroxyl groups is 1. The molecule has 0 saturated carbocycles. The van der Waals surface area contributed by atoms with Crippen LogP contribution in [0.4, 0.5) is 17.6 Å². The Kier molecular flexibility index (Phi) is 2.82. The minimum absolute atomic E-state index is 0.220. The molecule has 0 fully saturated rings. The minimum Gasteiger partial charge on any atom is -0.458 e. The zero-order valence-electron chi connectivity index (χ0n) is 8.46. The first-order valence-electron chi connectivity index (χ1n) is 4.79. The number of fused-ring (bicyclic) bond motifs is 1. The highest BCUT2D eigenvalue weighted by atomic mass is 19.4. The van der Waals surface area contributed by atoms with Crippen LogP contribution < -0.4 is 0 Å². The molecule has 1 aromatic heterocycles. The fraction of sp³-hybridized carbons (Fsp3) is 0.273. The van der Waals surface area contributed by atoms with Crippen molar-refractivity contribution in [2.45, 2.75) is 18.7 Å². The second-order valence-corrected chi connectivity index (χ2v) is 3.67. The Morgan fingerprint density at radius 3 is 2.59 bits per heavy atom. The van der Waals surface area contributed by atoms with Gasteiger partial charge in [-0.15, -0.1) is 0 Å². The number of halogens is 4. The zero-order valence-corrected chi connectivity index (χ0v) is 8.46.